The minimum atomic E-state index is -4.99. The van der Waals surface area contributed by atoms with Gasteiger partial charge >= 0.3 is 6.18 Å². The molecule has 0 atom stereocenters. The van der Waals surface area contributed by atoms with Crippen LogP contribution >= 0.6 is 11.6 Å². The number of ketones is 1. The van der Waals surface area contributed by atoms with Crippen molar-refractivity contribution < 1.29 is 23.1 Å². The van der Waals surface area contributed by atoms with Crippen LogP contribution in [0.1, 0.15) is 10.4 Å². The van der Waals surface area contributed by atoms with Crippen molar-refractivity contribution in [3.8, 4) is 5.75 Å². The number of carbonyl (C=O) groups is 1. The molecule has 76 valence electrons. The molecule has 0 aliphatic carbocycles. The van der Waals surface area contributed by atoms with Crippen LogP contribution in [0.2, 0.25) is 5.02 Å². The number of aromatic hydroxyl groups is 1. The average molecular weight is 225 g/mol. The third-order valence-electron chi connectivity index (χ3n) is 1.46. The maximum absolute atomic E-state index is 11.9. The molecule has 0 bridgehead atoms. The van der Waals surface area contributed by atoms with Gasteiger partial charge in [0.05, 0.1) is 5.56 Å². The molecule has 0 fully saturated rings. The van der Waals surface area contributed by atoms with Crippen LogP contribution in [0.25, 0.3) is 0 Å². The van der Waals surface area contributed by atoms with E-state index in [0.29, 0.717) is 0 Å². The number of halogens is 4. The van der Waals surface area contributed by atoms with Crippen molar-refractivity contribution in [2.45, 2.75) is 6.18 Å². The summed E-state index contributed by atoms with van der Waals surface area (Å²) < 4.78 is 35.8. The summed E-state index contributed by atoms with van der Waals surface area (Å²) in [5.41, 5.74) is -0.804. The summed E-state index contributed by atoms with van der Waals surface area (Å²) >= 11 is 5.38. The van der Waals surface area contributed by atoms with Crippen LogP contribution in [-0.4, -0.2) is 17.1 Å². The van der Waals surface area contributed by atoms with Gasteiger partial charge in [0, 0.05) is 5.02 Å². The Bertz CT molecular complexity index is 373. The molecule has 0 saturated carbocycles. The van der Waals surface area contributed by atoms with E-state index < -0.39 is 23.3 Å². The topological polar surface area (TPSA) is 37.3 Å². The Balaban J connectivity index is 3.15. The molecule has 0 radical (unpaired) electrons. The van der Waals surface area contributed by atoms with Gasteiger partial charge in [-0.05, 0) is 18.2 Å². The van der Waals surface area contributed by atoms with Crippen molar-refractivity contribution >= 4 is 17.4 Å². The fraction of sp³-hybridized carbons (Fsp3) is 0.125. The van der Waals surface area contributed by atoms with Crippen LogP contribution in [-0.2, 0) is 0 Å². The molecular weight excluding hydrogens is 221 g/mol. The Labute approximate surface area is 81.9 Å². The van der Waals surface area contributed by atoms with Gasteiger partial charge in [0.2, 0.25) is 0 Å². The van der Waals surface area contributed by atoms with E-state index in [1.807, 2.05) is 0 Å². The molecule has 6 heteroatoms. The van der Waals surface area contributed by atoms with Crippen LogP contribution in [0.15, 0.2) is 18.2 Å². The molecule has 1 rings (SSSR count). The molecule has 0 heterocycles. The Morgan fingerprint density at radius 1 is 1.36 bits per heavy atom. The van der Waals surface area contributed by atoms with Gasteiger partial charge in [0.25, 0.3) is 5.78 Å². The van der Waals surface area contributed by atoms with E-state index >= 15 is 0 Å². The van der Waals surface area contributed by atoms with E-state index in [9.17, 15) is 18.0 Å². The molecular formula is C8H4ClF3O2. The van der Waals surface area contributed by atoms with E-state index in [4.69, 9.17) is 16.7 Å². The highest BCUT2D eigenvalue weighted by Crippen LogP contribution is 2.28. The Morgan fingerprint density at radius 2 is 1.93 bits per heavy atom. The lowest BCUT2D eigenvalue weighted by molar-refractivity contribution is -0.0886. The predicted octanol–water partition coefficient (Wildman–Crippen LogP) is 2.79. The molecule has 14 heavy (non-hydrogen) atoms. The molecule has 1 aromatic rings. The van der Waals surface area contributed by atoms with Crippen molar-refractivity contribution in [1.82, 2.24) is 0 Å². The van der Waals surface area contributed by atoms with Gasteiger partial charge in [0.1, 0.15) is 5.75 Å². The number of phenols is 1. The fourth-order valence-electron chi connectivity index (χ4n) is 0.850. The molecule has 1 aromatic carbocycles. The van der Waals surface area contributed by atoms with Crippen LogP contribution in [0.3, 0.4) is 0 Å². The molecule has 0 spiro atoms. The van der Waals surface area contributed by atoms with E-state index in [2.05, 4.69) is 0 Å². The molecule has 2 nitrogen and oxygen atoms in total. The number of Topliss-reactive ketones (excluding diaryl/α,β-unsaturated/α-hetero) is 1. The van der Waals surface area contributed by atoms with Gasteiger partial charge < -0.3 is 5.11 Å². The zero-order valence-electron chi connectivity index (χ0n) is 6.60. The lowest BCUT2D eigenvalue weighted by atomic mass is 10.1. The second-order valence-electron chi connectivity index (χ2n) is 2.49. The number of alkyl halides is 3. The molecule has 0 saturated heterocycles. The monoisotopic (exact) mass is 224 g/mol. The summed E-state index contributed by atoms with van der Waals surface area (Å²) in [6.07, 6.45) is -4.99. The predicted molar refractivity (Wildman–Crippen MR) is 43.5 cm³/mol. The molecule has 0 amide bonds. The Morgan fingerprint density at radius 3 is 2.36 bits per heavy atom. The summed E-state index contributed by atoms with van der Waals surface area (Å²) in [6.45, 7) is 0. The van der Waals surface area contributed by atoms with Crippen LogP contribution in [0, 0.1) is 0 Å². The van der Waals surface area contributed by atoms with E-state index in [1.54, 1.807) is 0 Å². The minimum Gasteiger partial charge on any atom is -0.507 e. The maximum atomic E-state index is 11.9. The molecule has 0 aliphatic heterocycles. The van der Waals surface area contributed by atoms with Gasteiger partial charge in [-0.25, -0.2) is 0 Å². The first-order valence-electron chi connectivity index (χ1n) is 3.42. The van der Waals surface area contributed by atoms with Crippen molar-refractivity contribution in [3.63, 3.8) is 0 Å². The SMILES string of the molecule is O=C(c1ccc(Cl)cc1O)C(F)(F)F. The van der Waals surface area contributed by atoms with Crippen molar-refractivity contribution in [1.29, 1.82) is 0 Å². The zero-order valence-corrected chi connectivity index (χ0v) is 7.36. The smallest absolute Gasteiger partial charge is 0.455 e. The third-order valence-corrected chi connectivity index (χ3v) is 1.70. The lowest BCUT2D eigenvalue weighted by Crippen LogP contribution is -2.22. The lowest BCUT2D eigenvalue weighted by Gasteiger charge is -2.06. The standard InChI is InChI=1S/C8H4ClF3O2/c9-4-1-2-5(6(13)3-4)7(14)8(10,11)12/h1-3,13H. The molecule has 0 unspecified atom stereocenters. The number of benzene rings is 1. The summed E-state index contributed by atoms with van der Waals surface area (Å²) in [7, 11) is 0. The number of hydrogen-bond acceptors (Lipinski definition) is 2. The normalized spacial score (nSPS) is 11.4. The van der Waals surface area contributed by atoms with Gasteiger partial charge in [-0.3, -0.25) is 4.79 Å². The quantitative estimate of drug-likeness (QED) is 0.745. The largest absolute Gasteiger partial charge is 0.507 e. The van der Waals surface area contributed by atoms with E-state index in [0.717, 1.165) is 18.2 Å². The second-order valence-corrected chi connectivity index (χ2v) is 2.92. The fourth-order valence-corrected chi connectivity index (χ4v) is 1.02. The first-order chi connectivity index (χ1) is 6.32. The highest BCUT2D eigenvalue weighted by molar-refractivity contribution is 6.30. The molecule has 0 aliphatic rings. The van der Waals surface area contributed by atoms with Crippen molar-refractivity contribution in [2.75, 3.05) is 0 Å². The number of phenolic OH excluding ortho intramolecular Hbond substituents is 1. The summed E-state index contributed by atoms with van der Waals surface area (Å²) in [5, 5.41) is 9.08. The number of rotatable bonds is 1. The minimum absolute atomic E-state index is 0.0567. The first kappa shape index (κ1) is 10.8. The molecule has 1 N–H and O–H groups in total. The third kappa shape index (κ3) is 2.17. The summed E-state index contributed by atoms with van der Waals surface area (Å²) in [6, 6.07) is 2.80. The van der Waals surface area contributed by atoms with Crippen molar-refractivity contribution in [3.05, 3.63) is 28.8 Å². The van der Waals surface area contributed by atoms with Crippen molar-refractivity contribution in [2.24, 2.45) is 0 Å². The zero-order chi connectivity index (χ0) is 10.9. The maximum Gasteiger partial charge on any atom is 0.455 e. The van der Waals surface area contributed by atoms with Gasteiger partial charge in [-0.2, -0.15) is 13.2 Å². The van der Waals surface area contributed by atoms with Crippen LogP contribution < -0.4 is 0 Å². The van der Waals surface area contributed by atoms with Gasteiger partial charge in [0.15, 0.2) is 0 Å². The number of hydrogen-bond donors (Lipinski definition) is 1. The first-order valence-corrected chi connectivity index (χ1v) is 3.80. The number of carbonyl (C=O) groups excluding carboxylic acids is 1. The van der Waals surface area contributed by atoms with Gasteiger partial charge in [-0.15, -0.1) is 0 Å². The Kier molecular flexibility index (Phi) is 2.71. The highest BCUT2D eigenvalue weighted by Gasteiger charge is 2.40. The van der Waals surface area contributed by atoms with Crippen LogP contribution in [0.5, 0.6) is 5.75 Å². The Hall–Kier alpha value is -1.23. The summed E-state index contributed by atoms with van der Waals surface area (Å²) in [5.74, 6) is -2.87. The average Bonchev–Trinajstić information content (AvgIpc) is 2.01. The molecule has 0 aromatic heterocycles. The van der Waals surface area contributed by atoms with Gasteiger partial charge in [-0.1, -0.05) is 11.6 Å². The summed E-state index contributed by atoms with van der Waals surface area (Å²) in [4.78, 5) is 10.7. The van der Waals surface area contributed by atoms with E-state index in [-0.39, 0.29) is 5.02 Å². The van der Waals surface area contributed by atoms with Crippen LogP contribution in [0.4, 0.5) is 13.2 Å². The van der Waals surface area contributed by atoms with E-state index in [1.165, 1.54) is 0 Å². The second kappa shape index (κ2) is 3.49. The highest BCUT2D eigenvalue weighted by atomic mass is 35.5.